The van der Waals surface area contributed by atoms with Crippen molar-refractivity contribution >= 4 is 5.91 Å². The third-order valence-corrected chi connectivity index (χ3v) is 5.14. The van der Waals surface area contributed by atoms with Gasteiger partial charge < -0.3 is 9.84 Å². The van der Waals surface area contributed by atoms with Gasteiger partial charge >= 0.3 is 0 Å². The van der Waals surface area contributed by atoms with Gasteiger partial charge in [0.1, 0.15) is 17.0 Å². The number of rotatable bonds is 5. The number of amides is 1. The fraction of sp³-hybridized carbons (Fsp3) is 0.765. The third-order valence-electron chi connectivity index (χ3n) is 5.14. The van der Waals surface area contributed by atoms with E-state index in [1.165, 1.54) is 12.8 Å². The quantitative estimate of drug-likeness (QED) is 0.909. The molecule has 0 spiro atoms. The number of hydrogen-bond acceptors (Lipinski definition) is 4. The monoisotopic (exact) mass is 305 g/mol. The Labute approximate surface area is 132 Å². The maximum Gasteiger partial charge on any atom is 0.240 e. The van der Waals surface area contributed by atoms with E-state index in [1.807, 2.05) is 6.07 Å². The van der Waals surface area contributed by atoms with Crippen molar-refractivity contribution in [1.82, 2.24) is 15.4 Å². The molecule has 0 unspecified atom stereocenters. The first-order valence-electron chi connectivity index (χ1n) is 8.61. The average molecular weight is 305 g/mol. The molecule has 122 valence electrons. The lowest BCUT2D eigenvalue weighted by molar-refractivity contribution is -0.133. The van der Waals surface area contributed by atoms with Crippen LogP contribution in [0.5, 0.6) is 0 Å². The maximum atomic E-state index is 12.9. The molecule has 1 saturated carbocycles. The molecule has 0 bridgehead atoms. The standard InChI is InChI=1S/C17H27N3O2/c1-13(2)15-11-14(19-22-15)12-18-16(21)17(7-3-4-8-17)20-9-5-6-10-20/h11,13H,3-10,12H2,1-2H3,(H,18,21). The molecule has 2 aliphatic rings. The molecule has 0 atom stereocenters. The number of carbonyl (C=O) groups is 1. The van der Waals surface area contributed by atoms with Gasteiger partial charge in [0.25, 0.3) is 0 Å². The lowest BCUT2D eigenvalue weighted by atomic mass is 9.94. The van der Waals surface area contributed by atoms with Crippen LogP contribution >= 0.6 is 0 Å². The van der Waals surface area contributed by atoms with E-state index in [-0.39, 0.29) is 11.4 Å². The number of likely N-dealkylation sites (tertiary alicyclic amines) is 1. The molecule has 0 aromatic carbocycles. The number of carbonyl (C=O) groups excluding carboxylic acids is 1. The van der Waals surface area contributed by atoms with Crippen molar-refractivity contribution < 1.29 is 9.32 Å². The molecule has 5 heteroatoms. The van der Waals surface area contributed by atoms with E-state index in [2.05, 4.69) is 29.2 Å². The van der Waals surface area contributed by atoms with Crippen LogP contribution < -0.4 is 5.32 Å². The minimum Gasteiger partial charge on any atom is -0.361 e. The predicted molar refractivity (Wildman–Crippen MR) is 84.4 cm³/mol. The van der Waals surface area contributed by atoms with Gasteiger partial charge in [-0.25, -0.2) is 0 Å². The van der Waals surface area contributed by atoms with Crippen molar-refractivity contribution in [3.63, 3.8) is 0 Å². The summed E-state index contributed by atoms with van der Waals surface area (Å²) in [6, 6.07) is 1.95. The van der Waals surface area contributed by atoms with Gasteiger partial charge in [-0.3, -0.25) is 9.69 Å². The summed E-state index contributed by atoms with van der Waals surface area (Å²) >= 11 is 0. The lowest BCUT2D eigenvalue weighted by Gasteiger charge is -2.37. The van der Waals surface area contributed by atoms with Crippen molar-refractivity contribution in [2.75, 3.05) is 13.1 Å². The van der Waals surface area contributed by atoms with Crippen LogP contribution in [-0.2, 0) is 11.3 Å². The van der Waals surface area contributed by atoms with Gasteiger partial charge in [0.2, 0.25) is 5.91 Å². The van der Waals surface area contributed by atoms with Crippen LogP contribution in [0.3, 0.4) is 0 Å². The Bertz CT molecular complexity index is 512. The van der Waals surface area contributed by atoms with E-state index in [0.29, 0.717) is 12.5 Å². The SMILES string of the molecule is CC(C)c1cc(CNC(=O)C2(N3CCCC3)CCCC2)no1. The van der Waals surface area contributed by atoms with Crippen LogP contribution in [0.15, 0.2) is 10.6 Å². The van der Waals surface area contributed by atoms with Crippen LogP contribution in [0.25, 0.3) is 0 Å². The van der Waals surface area contributed by atoms with Gasteiger partial charge in [-0.2, -0.15) is 0 Å². The maximum absolute atomic E-state index is 12.9. The first-order chi connectivity index (χ1) is 10.6. The number of hydrogen-bond donors (Lipinski definition) is 1. The van der Waals surface area contributed by atoms with Crippen molar-refractivity contribution in [1.29, 1.82) is 0 Å². The van der Waals surface area contributed by atoms with Gasteiger partial charge in [-0.05, 0) is 38.8 Å². The zero-order valence-corrected chi connectivity index (χ0v) is 13.7. The average Bonchev–Trinajstić information content (AvgIpc) is 3.24. The largest absolute Gasteiger partial charge is 0.361 e. The fourth-order valence-corrected chi connectivity index (χ4v) is 3.81. The molecule has 3 rings (SSSR count). The van der Waals surface area contributed by atoms with Gasteiger partial charge in [0.05, 0.1) is 6.54 Å². The Morgan fingerprint density at radius 1 is 1.32 bits per heavy atom. The molecule has 1 aromatic rings. The first kappa shape index (κ1) is 15.5. The molecule has 1 amide bonds. The highest BCUT2D eigenvalue weighted by Gasteiger charge is 2.46. The van der Waals surface area contributed by atoms with Gasteiger partial charge in [-0.15, -0.1) is 0 Å². The third kappa shape index (κ3) is 2.91. The molecule has 0 radical (unpaired) electrons. The van der Waals surface area contributed by atoms with E-state index in [0.717, 1.165) is 50.2 Å². The summed E-state index contributed by atoms with van der Waals surface area (Å²) in [6.07, 6.45) is 6.74. The number of aromatic nitrogens is 1. The Balaban J connectivity index is 1.64. The van der Waals surface area contributed by atoms with Crippen molar-refractivity contribution in [3.05, 3.63) is 17.5 Å². The summed E-state index contributed by atoms with van der Waals surface area (Å²) in [4.78, 5) is 15.3. The summed E-state index contributed by atoms with van der Waals surface area (Å²) in [6.45, 7) is 6.74. The molecular formula is C17H27N3O2. The van der Waals surface area contributed by atoms with Crippen LogP contribution in [0.1, 0.15) is 69.7 Å². The summed E-state index contributed by atoms with van der Waals surface area (Å²) in [5, 5.41) is 7.16. The highest BCUT2D eigenvalue weighted by atomic mass is 16.5. The molecule has 2 heterocycles. The molecule has 1 saturated heterocycles. The molecule has 1 aromatic heterocycles. The smallest absolute Gasteiger partial charge is 0.240 e. The zero-order chi connectivity index (χ0) is 15.6. The molecule has 5 nitrogen and oxygen atoms in total. The molecule has 1 N–H and O–H groups in total. The fourth-order valence-electron chi connectivity index (χ4n) is 3.81. The number of nitrogens with zero attached hydrogens (tertiary/aromatic N) is 2. The zero-order valence-electron chi connectivity index (χ0n) is 13.7. The topological polar surface area (TPSA) is 58.4 Å². The minimum atomic E-state index is -0.263. The second kappa shape index (κ2) is 6.41. The highest BCUT2D eigenvalue weighted by molar-refractivity contribution is 5.86. The second-order valence-electron chi connectivity index (χ2n) is 6.99. The summed E-state index contributed by atoms with van der Waals surface area (Å²) < 4.78 is 5.30. The number of nitrogens with one attached hydrogen (secondary N) is 1. The van der Waals surface area contributed by atoms with E-state index in [4.69, 9.17) is 4.52 Å². The summed E-state index contributed by atoms with van der Waals surface area (Å²) in [5.74, 6) is 1.38. The Morgan fingerprint density at radius 3 is 2.59 bits per heavy atom. The lowest BCUT2D eigenvalue weighted by Crippen LogP contribution is -2.56. The van der Waals surface area contributed by atoms with Crippen molar-refractivity contribution in [2.45, 2.75) is 70.4 Å². The van der Waals surface area contributed by atoms with Gasteiger partial charge in [0, 0.05) is 12.0 Å². The summed E-state index contributed by atoms with van der Waals surface area (Å²) in [7, 11) is 0. The van der Waals surface area contributed by atoms with E-state index < -0.39 is 0 Å². The highest BCUT2D eigenvalue weighted by Crippen LogP contribution is 2.37. The van der Waals surface area contributed by atoms with Gasteiger partial charge in [-0.1, -0.05) is 31.8 Å². The Morgan fingerprint density at radius 2 is 2.00 bits per heavy atom. The molecule has 1 aliphatic heterocycles. The Kier molecular flexibility index (Phi) is 4.52. The first-order valence-corrected chi connectivity index (χ1v) is 8.61. The van der Waals surface area contributed by atoms with Crippen LogP contribution in [0.4, 0.5) is 0 Å². The van der Waals surface area contributed by atoms with E-state index in [1.54, 1.807) is 0 Å². The van der Waals surface area contributed by atoms with Crippen LogP contribution in [-0.4, -0.2) is 34.6 Å². The van der Waals surface area contributed by atoms with Crippen LogP contribution in [0.2, 0.25) is 0 Å². The van der Waals surface area contributed by atoms with E-state index >= 15 is 0 Å². The summed E-state index contributed by atoms with van der Waals surface area (Å²) in [5.41, 5.74) is 0.549. The van der Waals surface area contributed by atoms with Crippen molar-refractivity contribution in [2.24, 2.45) is 0 Å². The normalized spacial score (nSPS) is 21.6. The molecule has 1 aliphatic carbocycles. The van der Waals surface area contributed by atoms with E-state index in [9.17, 15) is 4.79 Å². The predicted octanol–water partition coefficient (Wildman–Crippen LogP) is 2.82. The molecule has 2 fully saturated rings. The Hall–Kier alpha value is -1.36. The minimum absolute atomic E-state index is 0.181. The van der Waals surface area contributed by atoms with Crippen molar-refractivity contribution in [3.8, 4) is 0 Å². The second-order valence-corrected chi connectivity index (χ2v) is 6.99. The molecular weight excluding hydrogens is 278 g/mol. The van der Waals surface area contributed by atoms with Crippen LogP contribution in [0, 0.1) is 0 Å². The van der Waals surface area contributed by atoms with Gasteiger partial charge in [0.15, 0.2) is 0 Å². The molecule has 22 heavy (non-hydrogen) atoms.